The van der Waals surface area contributed by atoms with Crippen molar-refractivity contribution in [2.24, 2.45) is 0 Å². The van der Waals surface area contributed by atoms with Crippen LogP contribution in [-0.4, -0.2) is 35.5 Å². The zero-order valence-electron chi connectivity index (χ0n) is 16.5. The number of carbonyl (C=O) groups is 1. The molecule has 13 heteroatoms. The van der Waals surface area contributed by atoms with Gasteiger partial charge < -0.3 is 9.84 Å². The highest BCUT2D eigenvalue weighted by atomic mass is 35.5. The third kappa shape index (κ3) is 4.63. The Morgan fingerprint density at radius 3 is 2.66 bits per heavy atom. The Morgan fingerprint density at radius 1 is 1.19 bits per heavy atom. The molecule has 1 aromatic carbocycles. The van der Waals surface area contributed by atoms with Crippen molar-refractivity contribution >= 4 is 40.5 Å². The van der Waals surface area contributed by atoms with Gasteiger partial charge in [0.25, 0.3) is 5.91 Å². The Labute approximate surface area is 190 Å². The summed E-state index contributed by atoms with van der Waals surface area (Å²) >= 11 is 12.1. The molecule has 0 spiro atoms. The summed E-state index contributed by atoms with van der Waals surface area (Å²) in [6, 6.07) is 5.18. The van der Waals surface area contributed by atoms with Gasteiger partial charge in [-0.2, -0.15) is 10.2 Å². The molecule has 32 heavy (non-hydrogen) atoms. The first-order chi connectivity index (χ1) is 15.3. The topological polar surface area (TPSA) is 134 Å². The van der Waals surface area contributed by atoms with Crippen molar-refractivity contribution < 1.29 is 14.2 Å². The Kier molecular flexibility index (Phi) is 5.93. The van der Waals surface area contributed by atoms with E-state index < -0.39 is 10.8 Å². The van der Waals surface area contributed by atoms with Gasteiger partial charge in [0.15, 0.2) is 5.69 Å². The van der Waals surface area contributed by atoms with Gasteiger partial charge in [0.2, 0.25) is 0 Å². The van der Waals surface area contributed by atoms with E-state index >= 15 is 0 Å². The molecule has 0 bridgehead atoms. The maximum Gasteiger partial charge on any atom is 0.307 e. The summed E-state index contributed by atoms with van der Waals surface area (Å²) in [5.74, 6) is -0.107. The molecule has 4 aromatic rings. The molecule has 164 valence electrons. The smallest absolute Gasteiger partial charge is 0.307 e. The largest absolute Gasteiger partial charge is 0.361 e. The van der Waals surface area contributed by atoms with Crippen molar-refractivity contribution in [2.75, 3.05) is 5.32 Å². The number of benzene rings is 1. The van der Waals surface area contributed by atoms with Gasteiger partial charge in [-0.15, -0.1) is 0 Å². The second kappa shape index (κ2) is 8.81. The van der Waals surface area contributed by atoms with Gasteiger partial charge in [0.1, 0.15) is 18.2 Å². The average molecular weight is 476 g/mol. The van der Waals surface area contributed by atoms with Crippen LogP contribution in [-0.2, 0) is 13.1 Å². The monoisotopic (exact) mass is 475 g/mol. The highest BCUT2D eigenvalue weighted by molar-refractivity contribution is 6.35. The number of nitro groups is 1. The second-order valence-electron chi connectivity index (χ2n) is 6.84. The van der Waals surface area contributed by atoms with E-state index in [2.05, 4.69) is 20.7 Å². The van der Waals surface area contributed by atoms with Gasteiger partial charge in [0.05, 0.1) is 29.9 Å². The number of hydrogen-bond acceptors (Lipinski definition) is 7. The standard InChI is InChI=1S/C19H15Cl2N7O4/c1-11-16(10-27-9-15(6-23-27)28(30)31)18(25-32-11)19(29)24-14-5-22-26(8-14)7-12-2-3-13(20)4-17(12)21/h2-6,8-9H,7,10H2,1H3,(H,24,29). The lowest BCUT2D eigenvalue weighted by Crippen LogP contribution is -2.15. The van der Waals surface area contributed by atoms with E-state index in [4.69, 9.17) is 27.7 Å². The Balaban J connectivity index is 1.47. The second-order valence-corrected chi connectivity index (χ2v) is 7.68. The summed E-state index contributed by atoms with van der Waals surface area (Å²) in [4.78, 5) is 23.1. The third-order valence-electron chi connectivity index (χ3n) is 4.59. The maximum absolute atomic E-state index is 12.8. The van der Waals surface area contributed by atoms with Crippen LogP contribution in [0.2, 0.25) is 10.0 Å². The van der Waals surface area contributed by atoms with Crippen LogP contribution < -0.4 is 5.32 Å². The van der Waals surface area contributed by atoms with Gasteiger partial charge in [-0.25, -0.2) is 0 Å². The molecule has 1 amide bonds. The van der Waals surface area contributed by atoms with Gasteiger partial charge in [-0.3, -0.25) is 24.3 Å². The molecule has 0 unspecified atom stereocenters. The molecule has 0 aliphatic heterocycles. The number of halogens is 2. The molecule has 1 N–H and O–H groups in total. The van der Waals surface area contributed by atoms with Crippen LogP contribution in [0.4, 0.5) is 11.4 Å². The van der Waals surface area contributed by atoms with Crippen LogP contribution in [0.15, 0.2) is 47.5 Å². The van der Waals surface area contributed by atoms with E-state index in [1.807, 2.05) is 0 Å². The molecule has 0 saturated carbocycles. The molecule has 0 saturated heterocycles. The van der Waals surface area contributed by atoms with Crippen LogP contribution in [0.3, 0.4) is 0 Å². The number of nitrogens with zero attached hydrogens (tertiary/aromatic N) is 6. The number of aryl methyl sites for hydroxylation is 1. The Morgan fingerprint density at radius 2 is 1.94 bits per heavy atom. The van der Waals surface area contributed by atoms with E-state index in [0.29, 0.717) is 33.6 Å². The molecule has 11 nitrogen and oxygen atoms in total. The fourth-order valence-electron chi connectivity index (χ4n) is 2.98. The first kappa shape index (κ1) is 21.5. The fourth-order valence-corrected chi connectivity index (χ4v) is 3.45. The van der Waals surface area contributed by atoms with Crippen molar-refractivity contribution in [2.45, 2.75) is 20.0 Å². The number of rotatable bonds is 7. The van der Waals surface area contributed by atoms with Crippen LogP contribution in [0.1, 0.15) is 27.4 Å². The molecule has 3 aromatic heterocycles. The maximum atomic E-state index is 12.8. The highest BCUT2D eigenvalue weighted by Crippen LogP contribution is 2.22. The molecular formula is C19H15Cl2N7O4. The molecule has 0 atom stereocenters. The number of aromatic nitrogens is 5. The van der Waals surface area contributed by atoms with Crippen LogP contribution in [0.5, 0.6) is 0 Å². The zero-order valence-corrected chi connectivity index (χ0v) is 18.0. The Hall–Kier alpha value is -3.70. The van der Waals surface area contributed by atoms with Crippen molar-refractivity contribution in [1.29, 1.82) is 0 Å². The Bertz CT molecular complexity index is 1310. The average Bonchev–Trinajstić information content (AvgIpc) is 3.46. The molecular weight excluding hydrogens is 461 g/mol. The molecule has 0 aliphatic carbocycles. The number of nitrogens with one attached hydrogen (secondary N) is 1. The molecule has 0 radical (unpaired) electrons. The lowest BCUT2D eigenvalue weighted by atomic mass is 10.2. The van der Waals surface area contributed by atoms with Crippen molar-refractivity contribution in [3.63, 3.8) is 0 Å². The molecule has 4 rings (SSSR count). The molecule has 0 aliphatic rings. The highest BCUT2D eigenvalue weighted by Gasteiger charge is 2.22. The number of anilines is 1. The molecule has 3 heterocycles. The summed E-state index contributed by atoms with van der Waals surface area (Å²) in [7, 11) is 0. The summed E-state index contributed by atoms with van der Waals surface area (Å²) in [5, 5.41) is 26.6. The van der Waals surface area contributed by atoms with Gasteiger partial charge in [-0.05, 0) is 24.6 Å². The van der Waals surface area contributed by atoms with Gasteiger partial charge in [-0.1, -0.05) is 34.4 Å². The van der Waals surface area contributed by atoms with Crippen LogP contribution in [0, 0.1) is 17.0 Å². The number of amides is 1. The SMILES string of the molecule is Cc1onc(C(=O)Nc2cnn(Cc3ccc(Cl)cc3Cl)c2)c1Cn1cc([N+](=O)[O-])cn1. The number of hydrogen-bond donors (Lipinski definition) is 1. The summed E-state index contributed by atoms with van der Waals surface area (Å²) in [5.41, 5.74) is 1.62. The first-order valence-electron chi connectivity index (χ1n) is 9.20. The fraction of sp³-hybridized carbons (Fsp3) is 0.158. The van der Waals surface area contributed by atoms with E-state index in [0.717, 1.165) is 11.8 Å². The minimum atomic E-state index is -0.549. The van der Waals surface area contributed by atoms with E-state index in [-0.39, 0.29) is 17.9 Å². The van der Waals surface area contributed by atoms with E-state index in [9.17, 15) is 14.9 Å². The van der Waals surface area contributed by atoms with Gasteiger partial charge >= 0.3 is 5.69 Å². The minimum absolute atomic E-state index is 0.0501. The van der Waals surface area contributed by atoms with E-state index in [1.165, 1.54) is 17.1 Å². The normalized spacial score (nSPS) is 11.0. The lowest BCUT2D eigenvalue weighted by Gasteiger charge is -2.05. The van der Waals surface area contributed by atoms with Crippen molar-refractivity contribution in [1.82, 2.24) is 24.7 Å². The molecule has 0 fully saturated rings. The van der Waals surface area contributed by atoms with Crippen LogP contribution >= 0.6 is 23.2 Å². The predicted molar refractivity (Wildman–Crippen MR) is 115 cm³/mol. The van der Waals surface area contributed by atoms with Gasteiger partial charge in [0, 0.05) is 21.8 Å². The van der Waals surface area contributed by atoms with Crippen molar-refractivity contribution in [3.05, 3.63) is 85.7 Å². The summed E-state index contributed by atoms with van der Waals surface area (Å²) in [6.07, 6.45) is 5.53. The predicted octanol–water partition coefficient (Wildman–Crippen LogP) is 3.94. The first-order valence-corrected chi connectivity index (χ1v) is 9.95. The van der Waals surface area contributed by atoms with Crippen LogP contribution in [0.25, 0.3) is 0 Å². The minimum Gasteiger partial charge on any atom is -0.361 e. The van der Waals surface area contributed by atoms with Crippen molar-refractivity contribution in [3.8, 4) is 0 Å². The third-order valence-corrected chi connectivity index (χ3v) is 5.18. The summed E-state index contributed by atoms with van der Waals surface area (Å²) in [6.45, 7) is 2.11. The summed E-state index contributed by atoms with van der Waals surface area (Å²) < 4.78 is 8.11. The number of carbonyl (C=O) groups excluding carboxylic acids is 1. The van der Waals surface area contributed by atoms with E-state index in [1.54, 1.807) is 36.0 Å². The quantitative estimate of drug-likeness (QED) is 0.315. The lowest BCUT2D eigenvalue weighted by molar-refractivity contribution is -0.385. The zero-order chi connectivity index (χ0) is 22.8.